The number of likely N-dealkylation sites (tertiary alicyclic amines) is 1. The Balaban J connectivity index is 1.70. The number of aromatic amines is 1. The monoisotopic (exact) mass is 341 g/mol. The molecule has 0 aliphatic carbocycles. The molecule has 8 nitrogen and oxygen atoms in total. The third-order valence-electron chi connectivity index (χ3n) is 5.06. The Kier molecular flexibility index (Phi) is 4.12. The summed E-state index contributed by atoms with van der Waals surface area (Å²) in [5.74, 6) is 2.13. The minimum Gasteiger partial charge on any atom is -0.368 e. The van der Waals surface area contributed by atoms with Crippen LogP contribution in [0.4, 0.5) is 5.82 Å². The first kappa shape index (κ1) is 16.0. The van der Waals surface area contributed by atoms with Gasteiger partial charge in [-0.05, 0) is 38.9 Å². The molecule has 1 aliphatic rings. The number of fused-ring (bicyclic) bond motifs is 3. The lowest BCUT2D eigenvalue weighted by Gasteiger charge is -2.29. The van der Waals surface area contributed by atoms with Crippen LogP contribution >= 0.6 is 0 Å². The van der Waals surface area contributed by atoms with Gasteiger partial charge in [0.2, 0.25) is 0 Å². The maximum atomic E-state index is 12.4. The summed E-state index contributed by atoms with van der Waals surface area (Å²) < 4.78 is 1.83. The fourth-order valence-corrected chi connectivity index (χ4v) is 3.52. The van der Waals surface area contributed by atoms with E-state index in [-0.39, 0.29) is 5.56 Å². The van der Waals surface area contributed by atoms with E-state index >= 15 is 0 Å². The van der Waals surface area contributed by atoms with Crippen LogP contribution in [0.2, 0.25) is 0 Å². The summed E-state index contributed by atoms with van der Waals surface area (Å²) in [5, 5.41) is 3.42. The Morgan fingerprint density at radius 1 is 1.28 bits per heavy atom. The lowest BCUT2D eigenvalue weighted by atomic mass is 9.97. The van der Waals surface area contributed by atoms with Crippen LogP contribution in [0, 0.1) is 5.92 Å². The Morgan fingerprint density at radius 2 is 2.08 bits per heavy atom. The molecule has 1 saturated heterocycles. The minimum atomic E-state index is -0.170. The van der Waals surface area contributed by atoms with Crippen LogP contribution in [0.3, 0.4) is 0 Å². The SMILES string of the molecule is CCc1ncc2c(=O)[nH]c3c(NCC4CCN(C)CC4)ncnc3n12. The van der Waals surface area contributed by atoms with Crippen molar-refractivity contribution in [2.45, 2.75) is 26.2 Å². The van der Waals surface area contributed by atoms with Crippen LogP contribution in [0.15, 0.2) is 17.3 Å². The number of rotatable bonds is 4. The molecule has 8 heteroatoms. The fourth-order valence-electron chi connectivity index (χ4n) is 3.52. The maximum Gasteiger partial charge on any atom is 0.274 e. The van der Waals surface area contributed by atoms with Gasteiger partial charge >= 0.3 is 0 Å². The highest BCUT2D eigenvalue weighted by Crippen LogP contribution is 2.20. The van der Waals surface area contributed by atoms with Crippen LogP contribution in [0.1, 0.15) is 25.6 Å². The Morgan fingerprint density at radius 3 is 2.84 bits per heavy atom. The smallest absolute Gasteiger partial charge is 0.274 e. The molecule has 1 fully saturated rings. The minimum absolute atomic E-state index is 0.170. The predicted molar refractivity (Wildman–Crippen MR) is 97.0 cm³/mol. The van der Waals surface area contributed by atoms with Crippen molar-refractivity contribution in [2.75, 3.05) is 32.0 Å². The van der Waals surface area contributed by atoms with Crippen molar-refractivity contribution in [1.82, 2.24) is 29.2 Å². The number of hydrogen-bond acceptors (Lipinski definition) is 6. The van der Waals surface area contributed by atoms with Crippen molar-refractivity contribution in [3.63, 3.8) is 0 Å². The van der Waals surface area contributed by atoms with Gasteiger partial charge in [-0.1, -0.05) is 6.92 Å². The molecular formula is C17H23N7O. The summed E-state index contributed by atoms with van der Waals surface area (Å²) in [6.45, 7) is 5.12. The van der Waals surface area contributed by atoms with Crippen LogP contribution in [0.25, 0.3) is 16.7 Å². The molecule has 0 bridgehead atoms. The highest BCUT2D eigenvalue weighted by molar-refractivity contribution is 5.84. The van der Waals surface area contributed by atoms with Crippen molar-refractivity contribution < 1.29 is 0 Å². The summed E-state index contributed by atoms with van der Waals surface area (Å²) in [7, 11) is 2.16. The van der Waals surface area contributed by atoms with Crippen molar-refractivity contribution >= 4 is 22.5 Å². The zero-order chi connectivity index (χ0) is 17.4. The van der Waals surface area contributed by atoms with Crippen LogP contribution < -0.4 is 10.9 Å². The number of nitrogens with one attached hydrogen (secondary N) is 2. The second-order valence-electron chi connectivity index (χ2n) is 6.75. The largest absolute Gasteiger partial charge is 0.368 e. The molecular weight excluding hydrogens is 318 g/mol. The normalized spacial score (nSPS) is 16.7. The summed E-state index contributed by atoms with van der Waals surface area (Å²) in [4.78, 5) is 30.8. The average Bonchev–Trinajstić information content (AvgIpc) is 3.07. The summed E-state index contributed by atoms with van der Waals surface area (Å²) in [6, 6.07) is 0. The van der Waals surface area contributed by atoms with Crippen molar-refractivity contribution in [2.24, 2.45) is 5.92 Å². The van der Waals surface area contributed by atoms with Crippen molar-refractivity contribution in [1.29, 1.82) is 0 Å². The van der Waals surface area contributed by atoms with Gasteiger partial charge in [0, 0.05) is 13.0 Å². The van der Waals surface area contributed by atoms with Gasteiger partial charge in [-0.3, -0.25) is 9.20 Å². The van der Waals surface area contributed by atoms with Crippen LogP contribution in [0.5, 0.6) is 0 Å². The molecule has 0 aromatic carbocycles. The first-order valence-corrected chi connectivity index (χ1v) is 8.83. The average molecular weight is 341 g/mol. The van der Waals surface area contributed by atoms with E-state index in [0.29, 0.717) is 28.4 Å². The number of nitrogens with zero attached hydrogens (tertiary/aromatic N) is 5. The second kappa shape index (κ2) is 6.44. The standard InChI is InChI=1S/C17H23N7O/c1-3-13-18-9-12-17(25)22-14-15(20-10-21-16(14)24(12)13)19-8-11-4-6-23(2)7-5-11/h9-11H,3-8H2,1-2H3,(H,22,25)(H,19,20,21). The third-order valence-corrected chi connectivity index (χ3v) is 5.06. The molecule has 3 aromatic heterocycles. The van der Waals surface area contributed by atoms with Gasteiger partial charge in [-0.15, -0.1) is 0 Å². The van der Waals surface area contributed by atoms with E-state index in [0.717, 1.165) is 31.9 Å². The summed E-state index contributed by atoms with van der Waals surface area (Å²) in [5.41, 5.74) is 1.67. The van der Waals surface area contributed by atoms with Gasteiger partial charge in [0.05, 0.1) is 6.20 Å². The first-order valence-electron chi connectivity index (χ1n) is 8.83. The number of piperidine rings is 1. The van der Waals surface area contributed by atoms with Gasteiger partial charge in [0.15, 0.2) is 11.5 Å². The maximum absolute atomic E-state index is 12.4. The number of anilines is 1. The van der Waals surface area contributed by atoms with E-state index in [2.05, 4.69) is 37.2 Å². The number of aryl methyl sites for hydroxylation is 1. The second-order valence-corrected chi connectivity index (χ2v) is 6.75. The van der Waals surface area contributed by atoms with E-state index < -0.39 is 0 Å². The third kappa shape index (κ3) is 2.86. The summed E-state index contributed by atoms with van der Waals surface area (Å²) in [6.07, 6.45) is 6.22. The van der Waals surface area contributed by atoms with Gasteiger partial charge < -0.3 is 15.2 Å². The van der Waals surface area contributed by atoms with Crippen LogP contribution in [-0.2, 0) is 6.42 Å². The lowest BCUT2D eigenvalue weighted by Crippen LogP contribution is -2.33. The van der Waals surface area contributed by atoms with Gasteiger partial charge in [0.25, 0.3) is 5.56 Å². The number of hydrogen-bond donors (Lipinski definition) is 2. The first-order chi connectivity index (χ1) is 12.2. The summed E-state index contributed by atoms with van der Waals surface area (Å²) >= 11 is 0. The Bertz CT molecular complexity index is 953. The number of aromatic nitrogens is 5. The molecule has 4 rings (SSSR count). The Labute approximate surface area is 145 Å². The highest BCUT2D eigenvalue weighted by atomic mass is 16.1. The molecule has 2 N–H and O–H groups in total. The zero-order valence-corrected chi connectivity index (χ0v) is 14.6. The van der Waals surface area contributed by atoms with E-state index in [1.165, 1.54) is 19.2 Å². The van der Waals surface area contributed by atoms with E-state index in [4.69, 9.17) is 0 Å². The molecule has 0 radical (unpaired) electrons. The van der Waals surface area contributed by atoms with E-state index in [9.17, 15) is 4.79 Å². The van der Waals surface area contributed by atoms with Gasteiger partial charge in [0.1, 0.15) is 23.2 Å². The molecule has 25 heavy (non-hydrogen) atoms. The lowest BCUT2D eigenvalue weighted by molar-refractivity contribution is 0.226. The molecule has 0 unspecified atom stereocenters. The highest BCUT2D eigenvalue weighted by Gasteiger charge is 2.18. The van der Waals surface area contributed by atoms with Gasteiger partial charge in [-0.2, -0.15) is 0 Å². The van der Waals surface area contributed by atoms with Crippen molar-refractivity contribution in [3.05, 3.63) is 28.7 Å². The van der Waals surface area contributed by atoms with Crippen molar-refractivity contribution in [3.8, 4) is 0 Å². The molecule has 4 heterocycles. The zero-order valence-electron chi connectivity index (χ0n) is 14.6. The number of imidazole rings is 1. The molecule has 0 spiro atoms. The molecule has 0 saturated carbocycles. The Hall–Kier alpha value is -2.48. The fraction of sp³-hybridized carbons (Fsp3) is 0.529. The molecule has 0 atom stereocenters. The predicted octanol–water partition coefficient (Wildman–Crippen LogP) is 1.28. The topological polar surface area (TPSA) is 91.2 Å². The molecule has 1 aliphatic heterocycles. The van der Waals surface area contributed by atoms with Crippen LogP contribution in [-0.4, -0.2) is 55.9 Å². The quantitative estimate of drug-likeness (QED) is 0.743. The number of H-pyrrole nitrogens is 1. The van der Waals surface area contributed by atoms with E-state index in [1.54, 1.807) is 6.20 Å². The van der Waals surface area contributed by atoms with Gasteiger partial charge in [-0.25, -0.2) is 15.0 Å². The molecule has 132 valence electrons. The molecule has 3 aromatic rings. The molecule has 0 amide bonds. The van der Waals surface area contributed by atoms with E-state index in [1.807, 2.05) is 11.3 Å².